The van der Waals surface area contributed by atoms with Crippen molar-refractivity contribution in [3.8, 4) is 0 Å². The molecule has 0 fully saturated rings. The van der Waals surface area contributed by atoms with Crippen molar-refractivity contribution < 1.29 is 5.11 Å². The quantitative estimate of drug-likeness (QED) is 0.852. The average Bonchev–Trinajstić information content (AvgIpc) is 2.71. The van der Waals surface area contributed by atoms with E-state index in [9.17, 15) is 0 Å². The van der Waals surface area contributed by atoms with E-state index in [0.717, 1.165) is 12.1 Å². The van der Waals surface area contributed by atoms with E-state index in [1.54, 1.807) is 6.20 Å². The van der Waals surface area contributed by atoms with E-state index in [4.69, 9.17) is 5.11 Å². The Bertz CT molecular complexity index is 468. The molecule has 1 aromatic carbocycles. The third-order valence-corrected chi connectivity index (χ3v) is 2.83. The Morgan fingerprint density at radius 2 is 1.94 bits per heavy atom. The molecule has 0 aliphatic heterocycles. The molecule has 1 heterocycles. The lowest BCUT2D eigenvalue weighted by Crippen LogP contribution is -2.03. The maximum atomic E-state index is 8.97. The third kappa shape index (κ3) is 2.14. The smallest absolute Gasteiger partial charge is 0.0712 e. The minimum Gasteiger partial charge on any atom is -0.392 e. The van der Waals surface area contributed by atoms with E-state index in [-0.39, 0.29) is 6.61 Å². The van der Waals surface area contributed by atoms with Crippen LogP contribution >= 0.6 is 0 Å². The molecule has 0 radical (unpaired) electrons. The molecule has 3 heteroatoms. The van der Waals surface area contributed by atoms with Crippen LogP contribution in [-0.4, -0.2) is 14.9 Å². The number of aliphatic hydroxyl groups excluding tert-OH is 1. The van der Waals surface area contributed by atoms with E-state index >= 15 is 0 Å². The van der Waals surface area contributed by atoms with Crippen LogP contribution in [0.3, 0.4) is 0 Å². The molecule has 3 nitrogen and oxygen atoms in total. The van der Waals surface area contributed by atoms with Crippen molar-refractivity contribution >= 4 is 0 Å². The summed E-state index contributed by atoms with van der Waals surface area (Å²) < 4.78 is 1.86. The zero-order chi connectivity index (χ0) is 11.5. The highest BCUT2D eigenvalue weighted by molar-refractivity contribution is 5.33. The van der Waals surface area contributed by atoms with E-state index in [1.165, 1.54) is 16.7 Å². The summed E-state index contributed by atoms with van der Waals surface area (Å²) in [6.45, 7) is 5.03. The predicted octanol–water partition coefficient (Wildman–Crippen LogP) is 2.04. The Hall–Kier alpha value is -1.61. The van der Waals surface area contributed by atoms with Gasteiger partial charge in [0.2, 0.25) is 0 Å². The van der Waals surface area contributed by atoms with Gasteiger partial charge in [-0.25, -0.2) is 0 Å². The van der Waals surface area contributed by atoms with Crippen LogP contribution in [0.2, 0.25) is 0 Å². The molecular weight excluding hydrogens is 200 g/mol. The number of aliphatic hydroxyl groups is 1. The Kier molecular flexibility index (Phi) is 3.06. The molecule has 0 amide bonds. The van der Waals surface area contributed by atoms with Crippen LogP contribution in [0.25, 0.3) is 0 Å². The molecule has 0 saturated heterocycles. The van der Waals surface area contributed by atoms with Crippen molar-refractivity contribution in [3.63, 3.8) is 0 Å². The summed E-state index contributed by atoms with van der Waals surface area (Å²) in [6, 6.07) is 6.29. The highest BCUT2D eigenvalue weighted by atomic mass is 16.3. The van der Waals surface area contributed by atoms with Crippen molar-refractivity contribution in [3.05, 3.63) is 52.8 Å². The number of rotatable bonds is 3. The van der Waals surface area contributed by atoms with Crippen molar-refractivity contribution in [2.75, 3.05) is 0 Å². The van der Waals surface area contributed by atoms with Crippen molar-refractivity contribution in [2.24, 2.45) is 0 Å². The zero-order valence-electron chi connectivity index (χ0n) is 9.64. The Morgan fingerprint density at radius 1 is 1.25 bits per heavy atom. The predicted molar refractivity (Wildman–Crippen MR) is 63.2 cm³/mol. The lowest BCUT2D eigenvalue weighted by atomic mass is 10.0. The number of nitrogens with zero attached hydrogens (tertiary/aromatic N) is 2. The molecular formula is C13H16N2O. The summed E-state index contributed by atoms with van der Waals surface area (Å²) >= 11 is 0. The fraction of sp³-hybridized carbons (Fsp3) is 0.308. The van der Waals surface area contributed by atoms with Gasteiger partial charge in [-0.3, -0.25) is 4.68 Å². The molecule has 0 aliphatic carbocycles. The van der Waals surface area contributed by atoms with Crippen LogP contribution in [-0.2, 0) is 13.2 Å². The van der Waals surface area contributed by atoms with Gasteiger partial charge in [0.25, 0.3) is 0 Å². The summed E-state index contributed by atoms with van der Waals surface area (Å²) in [4.78, 5) is 0. The molecule has 0 saturated carbocycles. The highest BCUT2D eigenvalue weighted by Crippen LogP contribution is 2.14. The van der Waals surface area contributed by atoms with Crippen LogP contribution in [0.4, 0.5) is 0 Å². The van der Waals surface area contributed by atoms with Crippen LogP contribution in [0.5, 0.6) is 0 Å². The summed E-state index contributed by atoms with van der Waals surface area (Å²) in [6.07, 6.45) is 3.58. The molecule has 2 aromatic rings. The second-order valence-electron chi connectivity index (χ2n) is 4.07. The maximum absolute atomic E-state index is 8.97. The van der Waals surface area contributed by atoms with Crippen LogP contribution < -0.4 is 0 Å². The normalized spacial score (nSPS) is 10.7. The first-order valence-electron chi connectivity index (χ1n) is 5.38. The zero-order valence-corrected chi connectivity index (χ0v) is 9.64. The number of hydrogen-bond acceptors (Lipinski definition) is 2. The molecule has 0 aliphatic rings. The van der Waals surface area contributed by atoms with Gasteiger partial charge in [0.15, 0.2) is 0 Å². The lowest BCUT2D eigenvalue weighted by molar-refractivity contribution is 0.281. The van der Waals surface area contributed by atoms with E-state index in [0.29, 0.717) is 0 Å². The van der Waals surface area contributed by atoms with Gasteiger partial charge in [-0.05, 0) is 30.5 Å². The topological polar surface area (TPSA) is 38.0 Å². The minimum atomic E-state index is 0.0484. The Balaban J connectivity index is 2.26. The first-order chi connectivity index (χ1) is 7.70. The average molecular weight is 216 g/mol. The van der Waals surface area contributed by atoms with Gasteiger partial charge >= 0.3 is 0 Å². The first kappa shape index (κ1) is 10.9. The molecule has 0 spiro atoms. The number of aromatic nitrogens is 2. The van der Waals surface area contributed by atoms with Crippen molar-refractivity contribution in [2.45, 2.75) is 27.0 Å². The summed E-state index contributed by atoms with van der Waals surface area (Å²) in [5.74, 6) is 0. The number of aryl methyl sites for hydroxylation is 2. The van der Waals surface area contributed by atoms with Gasteiger partial charge in [-0.15, -0.1) is 0 Å². The van der Waals surface area contributed by atoms with Crippen molar-refractivity contribution in [1.82, 2.24) is 9.78 Å². The Morgan fingerprint density at radius 3 is 2.50 bits per heavy atom. The van der Waals surface area contributed by atoms with Gasteiger partial charge in [0, 0.05) is 11.8 Å². The molecule has 0 unspecified atom stereocenters. The van der Waals surface area contributed by atoms with Gasteiger partial charge in [0.05, 0.1) is 19.3 Å². The monoisotopic (exact) mass is 216 g/mol. The molecule has 2 rings (SSSR count). The standard InChI is InChI=1S/C13H16N2O/c1-10-4-3-5-11(2)13(10)8-15-7-12(9-16)6-14-15/h3-7,16H,8-9H2,1-2H3. The Labute approximate surface area is 95.3 Å². The van der Waals surface area contributed by atoms with Crippen LogP contribution in [0.1, 0.15) is 22.3 Å². The van der Waals surface area contributed by atoms with E-state index in [1.807, 2.05) is 10.9 Å². The summed E-state index contributed by atoms with van der Waals surface area (Å²) in [5, 5.41) is 13.2. The summed E-state index contributed by atoms with van der Waals surface area (Å²) in [5.41, 5.74) is 4.71. The SMILES string of the molecule is Cc1cccc(C)c1Cn1cc(CO)cn1. The number of benzene rings is 1. The first-order valence-corrected chi connectivity index (χ1v) is 5.38. The van der Waals surface area contributed by atoms with E-state index < -0.39 is 0 Å². The summed E-state index contributed by atoms with van der Waals surface area (Å²) in [7, 11) is 0. The molecule has 0 bridgehead atoms. The second-order valence-corrected chi connectivity index (χ2v) is 4.07. The van der Waals surface area contributed by atoms with Gasteiger partial charge in [0.1, 0.15) is 0 Å². The van der Waals surface area contributed by atoms with Gasteiger partial charge in [-0.1, -0.05) is 18.2 Å². The molecule has 16 heavy (non-hydrogen) atoms. The van der Waals surface area contributed by atoms with Crippen LogP contribution in [0.15, 0.2) is 30.6 Å². The molecule has 84 valence electrons. The molecule has 1 aromatic heterocycles. The fourth-order valence-electron chi connectivity index (χ4n) is 1.83. The van der Waals surface area contributed by atoms with Crippen molar-refractivity contribution in [1.29, 1.82) is 0 Å². The van der Waals surface area contributed by atoms with Crippen LogP contribution in [0, 0.1) is 13.8 Å². The maximum Gasteiger partial charge on any atom is 0.0712 e. The fourth-order valence-corrected chi connectivity index (χ4v) is 1.83. The molecule has 0 atom stereocenters. The minimum absolute atomic E-state index is 0.0484. The number of hydrogen-bond donors (Lipinski definition) is 1. The largest absolute Gasteiger partial charge is 0.392 e. The highest BCUT2D eigenvalue weighted by Gasteiger charge is 2.04. The third-order valence-electron chi connectivity index (χ3n) is 2.83. The lowest BCUT2D eigenvalue weighted by Gasteiger charge is -2.09. The van der Waals surface area contributed by atoms with Gasteiger partial charge in [-0.2, -0.15) is 5.10 Å². The van der Waals surface area contributed by atoms with Gasteiger partial charge < -0.3 is 5.11 Å². The second kappa shape index (κ2) is 4.49. The van der Waals surface area contributed by atoms with E-state index in [2.05, 4.69) is 37.1 Å². The molecule has 1 N–H and O–H groups in total.